The van der Waals surface area contributed by atoms with Crippen molar-refractivity contribution in [3.63, 3.8) is 0 Å². The highest BCUT2D eigenvalue weighted by atomic mass is 32.2. The molecule has 1 aliphatic carbocycles. The fraction of sp³-hybridized carbons (Fsp3) is 0.375. The molecule has 0 bridgehead atoms. The summed E-state index contributed by atoms with van der Waals surface area (Å²) in [6.07, 6.45) is 2.95. The van der Waals surface area contributed by atoms with E-state index in [1.54, 1.807) is 11.8 Å². The van der Waals surface area contributed by atoms with Crippen LogP contribution >= 0.6 is 11.8 Å². The lowest BCUT2D eigenvalue weighted by atomic mass is 10.2. The number of aromatic nitrogens is 1. The highest BCUT2D eigenvalue weighted by Crippen LogP contribution is 2.29. The van der Waals surface area contributed by atoms with Crippen LogP contribution in [0.3, 0.4) is 0 Å². The summed E-state index contributed by atoms with van der Waals surface area (Å²) in [6, 6.07) is 7.66. The Hall–Kier alpha value is -1.75. The Morgan fingerprint density at radius 3 is 3.05 bits per heavy atom. The molecule has 1 heterocycles. The number of thioether (sulfide) groups is 1. The van der Waals surface area contributed by atoms with Crippen LogP contribution in [0, 0.1) is 0 Å². The highest BCUT2D eigenvalue weighted by molar-refractivity contribution is 7.99. The van der Waals surface area contributed by atoms with Crippen molar-refractivity contribution in [3.8, 4) is 0 Å². The van der Waals surface area contributed by atoms with Gasteiger partial charge >= 0.3 is 0 Å². The fourth-order valence-electron chi connectivity index (χ4n) is 2.49. The van der Waals surface area contributed by atoms with Crippen LogP contribution in [0.15, 0.2) is 33.7 Å². The Labute approximate surface area is 128 Å². The number of carbonyl (C=O) groups is 1. The van der Waals surface area contributed by atoms with E-state index in [0.717, 1.165) is 35.4 Å². The second-order valence-electron chi connectivity index (χ2n) is 5.44. The number of hydrogen-bond donors (Lipinski definition) is 1. The van der Waals surface area contributed by atoms with Crippen molar-refractivity contribution in [3.05, 3.63) is 41.1 Å². The first-order valence-electron chi connectivity index (χ1n) is 7.19. The highest BCUT2D eigenvalue weighted by Gasteiger charge is 2.22. The third-order valence-electron chi connectivity index (χ3n) is 3.40. The molecule has 110 valence electrons. The topological polar surface area (TPSA) is 55.1 Å². The molecule has 4 nitrogen and oxygen atoms in total. The predicted molar refractivity (Wildman–Crippen MR) is 83.9 cm³/mol. The molecule has 0 fully saturated rings. The molecule has 0 saturated carbocycles. The van der Waals surface area contributed by atoms with Crippen LogP contribution in [0.5, 0.6) is 0 Å². The molecule has 0 unspecified atom stereocenters. The first-order valence-corrected chi connectivity index (χ1v) is 8.07. The predicted octanol–water partition coefficient (Wildman–Crippen LogP) is 3.92. The van der Waals surface area contributed by atoms with E-state index in [1.165, 1.54) is 0 Å². The van der Waals surface area contributed by atoms with Gasteiger partial charge in [-0.25, -0.2) is 0 Å². The van der Waals surface area contributed by atoms with Crippen molar-refractivity contribution in [1.29, 1.82) is 0 Å². The molecular formula is C16H18N2O2S. The molecule has 2 aromatic rings. The van der Waals surface area contributed by atoms with Crippen molar-refractivity contribution >= 4 is 23.6 Å². The van der Waals surface area contributed by atoms with E-state index in [1.807, 2.05) is 24.3 Å². The van der Waals surface area contributed by atoms with Gasteiger partial charge in [-0.05, 0) is 37.5 Å². The molecule has 1 aromatic heterocycles. The van der Waals surface area contributed by atoms with Gasteiger partial charge in [0.15, 0.2) is 0 Å². The van der Waals surface area contributed by atoms with Crippen molar-refractivity contribution in [2.75, 3.05) is 5.32 Å². The zero-order chi connectivity index (χ0) is 14.8. The molecular weight excluding hydrogens is 284 g/mol. The summed E-state index contributed by atoms with van der Waals surface area (Å²) in [4.78, 5) is 13.4. The molecule has 0 radical (unpaired) electrons. The first kappa shape index (κ1) is 14.2. The first-order chi connectivity index (χ1) is 10.1. The Morgan fingerprint density at radius 1 is 1.38 bits per heavy atom. The number of fused-ring (bicyclic) bond motifs is 1. The molecule has 1 aromatic carbocycles. The normalized spacial score (nSPS) is 13.5. The zero-order valence-electron chi connectivity index (χ0n) is 12.2. The van der Waals surface area contributed by atoms with E-state index in [-0.39, 0.29) is 5.91 Å². The average Bonchev–Trinajstić information content (AvgIpc) is 3.03. The molecule has 0 atom stereocenters. The maximum atomic E-state index is 12.3. The van der Waals surface area contributed by atoms with Crippen LogP contribution in [0.2, 0.25) is 0 Å². The zero-order valence-corrected chi connectivity index (χ0v) is 13.0. The maximum Gasteiger partial charge on any atom is 0.258 e. The summed E-state index contributed by atoms with van der Waals surface area (Å²) >= 11 is 1.74. The average molecular weight is 302 g/mol. The molecule has 0 saturated heterocycles. The van der Waals surface area contributed by atoms with Gasteiger partial charge in [0.2, 0.25) is 5.88 Å². The molecule has 5 heteroatoms. The fourth-order valence-corrected chi connectivity index (χ4v) is 3.38. The van der Waals surface area contributed by atoms with Gasteiger partial charge < -0.3 is 4.52 Å². The Bertz CT molecular complexity index is 664. The van der Waals surface area contributed by atoms with Gasteiger partial charge in [0, 0.05) is 21.3 Å². The number of amides is 1. The SMILES string of the molecule is CC(C)Sc1cccc(C(=O)Nc2onc3c2CCC3)c1. The minimum absolute atomic E-state index is 0.146. The Balaban J connectivity index is 1.76. The number of nitrogens with one attached hydrogen (secondary N) is 1. The minimum atomic E-state index is -0.146. The van der Waals surface area contributed by atoms with Gasteiger partial charge in [-0.15, -0.1) is 11.8 Å². The lowest BCUT2D eigenvalue weighted by Gasteiger charge is -2.07. The standard InChI is InChI=1S/C16H18N2O2S/c1-10(2)21-12-6-3-5-11(9-12)15(19)17-16-13-7-4-8-14(13)18-20-16/h3,5-6,9-10H,4,7-8H2,1-2H3,(H,17,19). The van der Waals surface area contributed by atoms with Crippen molar-refractivity contribution < 1.29 is 9.32 Å². The quantitative estimate of drug-likeness (QED) is 0.870. The summed E-state index contributed by atoms with van der Waals surface area (Å²) in [7, 11) is 0. The monoisotopic (exact) mass is 302 g/mol. The molecule has 21 heavy (non-hydrogen) atoms. The van der Waals surface area contributed by atoms with Crippen molar-refractivity contribution in [2.45, 2.75) is 43.3 Å². The number of rotatable bonds is 4. The molecule has 1 N–H and O–H groups in total. The van der Waals surface area contributed by atoms with Crippen LogP contribution < -0.4 is 5.32 Å². The number of aryl methyl sites for hydroxylation is 1. The van der Waals surface area contributed by atoms with E-state index >= 15 is 0 Å². The van der Waals surface area contributed by atoms with Crippen LogP contribution in [-0.4, -0.2) is 16.3 Å². The number of nitrogens with zero attached hydrogens (tertiary/aromatic N) is 1. The maximum absolute atomic E-state index is 12.3. The van der Waals surface area contributed by atoms with Crippen LogP contribution in [0.4, 0.5) is 5.88 Å². The molecule has 0 aliphatic heterocycles. The van der Waals surface area contributed by atoms with Gasteiger partial charge in [0.05, 0.1) is 5.69 Å². The molecule has 0 spiro atoms. The van der Waals surface area contributed by atoms with E-state index in [2.05, 4.69) is 24.3 Å². The Morgan fingerprint density at radius 2 is 2.24 bits per heavy atom. The summed E-state index contributed by atoms with van der Waals surface area (Å²) < 4.78 is 5.24. The summed E-state index contributed by atoms with van der Waals surface area (Å²) in [5.74, 6) is 0.362. The summed E-state index contributed by atoms with van der Waals surface area (Å²) in [5.41, 5.74) is 2.68. The van der Waals surface area contributed by atoms with E-state index in [9.17, 15) is 4.79 Å². The van der Waals surface area contributed by atoms with Gasteiger partial charge in [-0.1, -0.05) is 25.1 Å². The summed E-state index contributed by atoms with van der Waals surface area (Å²) in [6.45, 7) is 4.27. The number of hydrogen-bond acceptors (Lipinski definition) is 4. The molecule has 1 aliphatic rings. The van der Waals surface area contributed by atoms with E-state index in [0.29, 0.717) is 16.7 Å². The van der Waals surface area contributed by atoms with Crippen LogP contribution in [0.1, 0.15) is 41.9 Å². The second kappa shape index (κ2) is 5.93. The van der Waals surface area contributed by atoms with Crippen molar-refractivity contribution in [2.24, 2.45) is 0 Å². The van der Waals surface area contributed by atoms with E-state index in [4.69, 9.17) is 4.52 Å². The lowest BCUT2D eigenvalue weighted by Crippen LogP contribution is -2.12. The minimum Gasteiger partial charge on any atom is -0.338 e. The molecule has 1 amide bonds. The van der Waals surface area contributed by atoms with Crippen LogP contribution in [-0.2, 0) is 12.8 Å². The third-order valence-corrected chi connectivity index (χ3v) is 4.40. The number of carbonyl (C=O) groups excluding carboxylic acids is 1. The number of benzene rings is 1. The number of anilines is 1. The summed E-state index contributed by atoms with van der Waals surface area (Å²) in [5, 5.41) is 7.34. The lowest BCUT2D eigenvalue weighted by molar-refractivity contribution is 0.102. The largest absolute Gasteiger partial charge is 0.338 e. The van der Waals surface area contributed by atoms with E-state index < -0.39 is 0 Å². The smallest absolute Gasteiger partial charge is 0.258 e. The van der Waals surface area contributed by atoms with Gasteiger partial charge in [-0.2, -0.15) is 0 Å². The Kier molecular flexibility index (Phi) is 4.01. The van der Waals surface area contributed by atoms with Crippen molar-refractivity contribution in [1.82, 2.24) is 5.16 Å². The molecule has 3 rings (SSSR count). The third kappa shape index (κ3) is 3.13. The van der Waals surface area contributed by atoms with Gasteiger partial charge in [-0.3, -0.25) is 10.1 Å². The second-order valence-corrected chi connectivity index (χ2v) is 7.09. The van der Waals surface area contributed by atoms with Crippen LogP contribution in [0.25, 0.3) is 0 Å². The van der Waals surface area contributed by atoms with Gasteiger partial charge in [0.25, 0.3) is 5.91 Å². The van der Waals surface area contributed by atoms with Gasteiger partial charge in [0.1, 0.15) is 0 Å².